The third-order valence-electron chi connectivity index (χ3n) is 2.93. The highest BCUT2D eigenvalue weighted by Gasteiger charge is 2.02. The number of alkyl halides is 1. The summed E-state index contributed by atoms with van der Waals surface area (Å²) in [6, 6.07) is 6.10. The lowest BCUT2D eigenvalue weighted by molar-refractivity contribution is 0.305. The number of aryl methyl sites for hydroxylation is 2. The molecule has 0 aliphatic rings. The van der Waals surface area contributed by atoms with E-state index in [-0.39, 0.29) is 0 Å². The summed E-state index contributed by atoms with van der Waals surface area (Å²) in [5, 5.41) is 3.20. The van der Waals surface area contributed by atoms with Crippen LogP contribution in [0.1, 0.15) is 29.1 Å². The number of ether oxygens (including phenoxy) is 1. The standard InChI is InChI=1S/C15H17BrClNOS/c1-11-5-6-12(16)8-14(11)19-7-3-2-4-15-18-13(9-17)10-20-15/h5-6,8,10H,2-4,7,9H2,1H3. The van der Waals surface area contributed by atoms with Crippen LogP contribution in [-0.2, 0) is 12.3 Å². The van der Waals surface area contributed by atoms with Gasteiger partial charge in [-0.05, 0) is 43.9 Å². The maximum atomic E-state index is 5.81. The summed E-state index contributed by atoms with van der Waals surface area (Å²) in [6.45, 7) is 2.80. The molecule has 0 aliphatic heterocycles. The Bertz CT molecular complexity index is 559. The number of benzene rings is 1. The van der Waals surface area contributed by atoms with Gasteiger partial charge in [-0.2, -0.15) is 0 Å². The topological polar surface area (TPSA) is 22.1 Å². The average Bonchev–Trinajstić information content (AvgIpc) is 2.90. The van der Waals surface area contributed by atoms with E-state index in [1.54, 1.807) is 11.3 Å². The fourth-order valence-corrected chi connectivity index (χ4v) is 3.22. The van der Waals surface area contributed by atoms with E-state index in [1.165, 1.54) is 10.6 Å². The Kier molecular flexibility index (Phi) is 6.33. The van der Waals surface area contributed by atoms with Crippen molar-refractivity contribution in [2.75, 3.05) is 6.61 Å². The van der Waals surface area contributed by atoms with Crippen molar-refractivity contribution < 1.29 is 4.74 Å². The van der Waals surface area contributed by atoms with Crippen molar-refractivity contribution in [2.45, 2.75) is 32.1 Å². The number of unbranched alkanes of at least 4 members (excludes halogenated alkanes) is 1. The van der Waals surface area contributed by atoms with E-state index in [9.17, 15) is 0 Å². The predicted molar refractivity (Wildman–Crippen MR) is 89.0 cm³/mol. The van der Waals surface area contributed by atoms with Gasteiger partial charge in [0.1, 0.15) is 5.75 Å². The molecule has 0 saturated heterocycles. The second kappa shape index (κ2) is 8.01. The average molecular weight is 375 g/mol. The fraction of sp³-hybridized carbons (Fsp3) is 0.400. The van der Waals surface area contributed by atoms with E-state index in [1.807, 2.05) is 17.5 Å². The molecule has 0 aliphatic carbocycles. The Morgan fingerprint density at radius 2 is 2.20 bits per heavy atom. The summed E-state index contributed by atoms with van der Waals surface area (Å²) < 4.78 is 6.86. The lowest BCUT2D eigenvalue weighted by Gasteiger charge is -2.09. The molecule has 2 aromatic rings. The molecule has 0 unspecified atom stereocenters. The van der Waals surface area contributed by atoms with E-state index < -0.39 is 0 Å². The Labute approximate surface area is 137 Å². The van der Waals surface area contributed by atoms with Gasteiger partial charge in [-0.1, -0.05) is 22.0 Å². The van der Waals surface area contributed by atoms with Crippen LogP contribution in [-0.4, -0.2) is 11.6 Å². The zero-order valence-corrected chi connectivity index (χ0v) is 14.5. The lowest BCUT2D eigenvalue weighted by Crippen LogP contribution is -1.99. The minimum Gasteiger partial charge on any atom is -0.493 e. The normalized spacial score (nSPS) is 10.8. The van der Waals surface area contributed by atoms with Gasteiger partial charge in [0.2, 0.25) is 0 Å². The molecule has 1 aromatic heterocycles. The first-order chi connectivity index (χ1) is 9.69. The van der Waals surface area contributed by atoms with Crippen molar-refractivity contribution in [2.24, 2.45) is 0 Å². The molecule has 0 spiro atoms. The van der Waals surface area contributed by atoms with Gasteiger partial charge in [-0.3, -0.25) is 0 Å². The summed E-state index contributed by atoms with van der Waals surface area (Å²) in [4.78, 5) is 4.45. The Morgan fingerprint density at radius 3 is 2.95 bits per heavy atom. The van der Waals surface area contributed by atoms with E-state index in [0.717, 1.165) is 41.8 Å². The van der Waals surface area contributed by atoms with Gasteiger partial charge in [0, 0.05) is 9.85 Å². The van der Waals surface area contributed by atoms with E-state index in [0.29, 0.717) is 5.88 Å². The molecule has 0 fully saturated rings. The molecule has 0 bridgehead atoms. The van der Waals surface area contributed by atoms with Crippen LogP contribution in [0.25, 0.3) is 0 Å². The Hall–Kier alpha value is -0.580. The number of hydrogen-bond acceptors (Lipinski definition) is 3. The fourth-order valence-electron chi connectivity index (χ4n) is 1.81. The zero-order chi connectivity index (χ0) is 14.4. The monoisotopic (exact) mass is 373 g/mol. The predicted octanol–water partition coefficient (Wildman–Crippen LogP) is 5.35. The van der Waals surface area contributed by atoms with Gasteiger partial charge in [0.15, 0.2) is 0 Å². The molecule has 2 nitrogen and oxygen atoms in total. The first kappa shape index (κ1) is 15.8. The van der Waals surface area contributed by atoms with Gasteiger partial charge in [0.05, 0.1) is 23.2 Å². The van der Waals surface area contributed by atoms with Gasteiger partial charge in [-0.25, -0.2) is 4.98 Å². The van der Waals surface area contributed by atoms with Crippen LogP contribution in [0.4, 0.5) is 0 Å². The molecule has 0 atom stereocenters. The highest BCUT2D eigenvalue weighted by molar-refractivity contribution is 9.10. The third-order valence-corrected chi connectivity index (χ3v) is 4.65. The highest BCUT2D eigenvalue weighted by Crippen LogP contribution is 2.23. The lowest BCUT2D eigenvalue weighted by atomic mass is 10.2. The number of aromatic nitrogens is 1. The Balaban J connectivity index is 1.70. The van der Waals surface area contributed by atoms with Gasteiger partial charge in [-0.15, -0.1) is 22.9 Å². The van der Waals surface area contributed by atoms with Crippen molar-refractivity contribution in [1.29, 1.82) is 0 Å². The number of thiazole rings is 1. The molecule has 0 radical (unpaired) electrons. The zero-order valence-electron chi connectivity index (χ0n) is 11.4. The second-order valence-corrected chi connectivity index (χ2v) is 6.71. The van der Waals surface area contributed by atoms with Crippen LogP contribution in [0.5, 0.6) is 5.75 Å². The number of nitrogens with zero attached hydrogens (tertiary/aromatic N) is 1. The van der Waals surface area contributed by atoms with Crippen molar-refractivity contribution >= 4 is 38.9 Å². The van der Waals surface area contributed by atoms with E-state index in [4.69, 9.17) is 16.3 Å². The van der Waals surface area contributed by atoms with E-state index in [2.05, 4.69) is 33.9 Å². The molecule has 0 N–H and O–H groups in total. The first-order valence-electron chi connectivity index (χ1n) is 6.57. The molecular formula is C15H17BrClNOS. The molecule has 2 rings (SSSR count). The maximum Gasteiger partial charge on any atom is 0.123 e. The van der Waals surface area contributed by atoms with Crippen LogP contribution in [0.3, 0.4) is 0 Å². The molecule has 5 heteroatoms. The molecule has 1 heterocycles. The van der Waals surface area contributed by atoms with Crippen molar-refractivity contribution in [3.8, 4) is 5.75 Å². The smallest absolute Gasteiger partial charge is 0.123 e. The van der Waals surface area contributed by atoms with Crippen LogP contribution in [0.15, 0.2) is 28.1 Å². The minimum absolute atomic E-state index is 0.502. The number of hydrogen-bond donors (Lipinski definition) is 0. The van der Waals surface area contributed by atoms with Gasteiger partial charge < -0.3 is 4.74 Å². The highest BCUT2D eigenvalue weighted by atomic mass is 79.9. The summed E-state index contributed by atoms with van der Waals surface area (Å²) in [7, 11) is 0. The van der Waals surface area contributed by atoms with Crippen LogP contribution in [0.2, 0.25) is 0 Å². The van der Waals surface area contributed by atoms with Crippen molar-refractivity contribution in [3.63, 3.8) is 0 Å². The van der Waals surface area contributed by atoms with Crippen LogP contribution >= 0.6 is 38.9 Å². The molecule has 1 aromatic carbocycles. The summed E-state index contributed by atoms with van der Waals surface area (Å²) in [6.07, 6.45) is 3.12. The number of halogens is 2. The molecular weight excluding hydrogens is 358 g/mol. The Morgan fingerprint density at radius 1 is 1.35 bits per heavy atom. The van der Waals surface area contributed by atoms with Crippen LogP contribution < -0.4 is 4.74 Å². The number of rotatable bonds is 7. The van der Waals surface area contributed by atoms with Crippen molar-refractivity contribution in [3.05, 3.63) is 44.3 Å². The maximum absolute atomic E-state index is 5.81. The molecule has 0 saturated carbocycles. The van der Waals surface area contributed by atoms with E-state index >= 15 is 0 Å². The first-order valence-corrected chi connectivity index (χ1v) is 8.78. The SMILES string of the molecule is Cc1ccc(Br)cc1OCCCCc1nc(CCl)cs1. The third kappa shape index (κ3) is 4.76. The summed E-state index contributed by atoms with van der Waals surface area (Å²) in [5.41, 5.74) is 2.15. The van der Waals surface area contributed by atoms with Gasteiger partial charge in [0.25, 0.3) is 0 Å². The molecule has 0 amide bonds. The molecule has 108 valence electrons. The van der Waals surface area contributed by atoms with Gasteiger partial charge >= 0.3 is 0 Å². The largest absolute Gasteiger partial charge is 0.493 e. The minimum atomic E-state index is 0.502. The summed E-state index contributed by atoms with van der Waals surface area (Å²) in [5.74, 6) is 1.46. The quantitative estimate of drug-likeness (QED) is 0.481. The summed E-state index contributed by atoms with van der Waals surface area (Å²) >= 11 is 10.9. The molecule has 20 heavy (non-hydrogen) atoms. The van der Waals surface area contributed by atoms with Crippen LogP contribution in [0, 0.1) is 6.92 Å². The van der Waals surface area contributed by atoms with Crippen molar-refractivity contribution in [1.82, 2.24) is 4.98 Å². The second-order valence-electron chi connectivity index (χ2n) is 4.58.